The van der Waals surface area contributed by atoms with Crippen molar-refractivity contribution in [2.45, 2.75) is 26.3 Å². The van der Waals surface area contributed by atoms with Gasteiger partial charge in [-0.2, -0.15) is 5.10 Å². The highest BCUT2D eigenvalue weighted by Crippen LogP contribution is 2.04. The van der Waals surface area contributed by atoms with Crippen LogP contribution in [0, 0.1) is 19.3 Å². The monoisotopic (exact) mass is 205 g/mol. The second-order valence-corrected chi connectivity index (χ2v) is 3.58. The van der Waals surface area contributed by atoms with Crippen molar-refractivity contribution in [3.8, 4) is 12.3 Å². The highest BCUT2D eigenvalue weighted by molar-refractivity contribution is 5.95. The predicted octanol–water partition coefficient (Wildman–Crippen LogP) is 0.870. The Kier molecular flexibility index (Phi) is 3.51. The second-order valence-electron chi connectivity index (χ2n) is 3.58. The topological polar surface area (TPSA) is 46.9 Å². The minimum atomic E-state index is -0.122. The second kappa shape index (κ2) is 4.65. The van der Waals surface area contributed by atoms with E-state index in [1.54, 1.807) is 24.9 Å². The molecule has 0 radical (unpaired) electrons. The molecule has 1 atom stereocenters. The van der Waals surface area contributed by atoms with Crippen LogP contribution in [0.3, 0.4) is 0 Å². The van der Waals surface area contributed by atoms with Gasteiger partial charge in [-0.05, 0) is 13.8 Å². The molecule has 1 rings (SSSR count). The van der Waals surface area contributed by atoms with Crippen LogP contribution in [0.1, 0.15) is 29.4 Å². The summed E-state index contributed by atoms with van der Waals surface area (Å²) in [5, 5.41) is 6.92. The van der Waals surface area contributed by atoms with Crippen molar-refractivity contribution < 1.29 is 4.79 Å². The van der Waals surface area contributed by atoms with E-state index in [4.69, 9.17) is 6.42 Å². The third-order valence-electron chi connectivity index (χ3n) is 2.06. The van der Waals surface area contributed by atoms with Crippen LogP contribution in [0.25, 0.3) is 0 Å². The molecule has 1 aromatic heterocycles. The standard InChI is InChI=1S/C11H15N3O/c1-5-6-8(2)12-11(15)10-7-14(4)13-9(10)3/h1,7-8H,6H2,2-4H3,(H,12,15). The Bertz CT molecular complexity index is 400. The number of carbonyl (C=O) groups excluding carboxylic acids is 1. The normalized spacial score (nSPS) is 11.9. The fraction of sp³-hybridized carbons (Fsp3) is 0.455. The summed E-state index contributed by atoms with van der Waals surface area (Å²) in [4.78, 5) is 11.7. The lowest BCUT2D eigenvalue weighted by molar-refractivity contribution is 0.0940. The van der Waals surface area contributed by atoms with E-state index in [1.807, 2.05) is 6.92 Å². The molecule has 0 aromatic carbocycles. The summed E-state index contributed by atoms with van der Waals surface area (Å²) in [5.74, 6) is 2.39. The van der Waals surface area contributed by atoms with Gasteiger partial charge in [0.05, 0.1) is 11.3 Å². The molecule has 0 saturated carbocycles. The summed E-state index contributed by atoms with van der Waals surface area (Å²) in [6.07, 6.45) is 7.39. The fourth-order valence-corrected chi connectivity index (χ4v) is 1.35. The predicted molar refractivity (Wildman–Crippen MR) is 58.3 cm³/mol. The lowest BCUT2D eigenvalue weighted by Gasteiger charge is -2.09. The Hall–Kier alpha value is -1.76. The third-order valence-corrected chi connectivity index (χ3v) is 2.06. The van der Waals surface area contributed by atoms with Crippen molar-refractivity contribution in [3.05, 3.63) is 17.5 Å². The Balaban J connectivity index is 2.70. The molecule has 0 aliphatic heterocycles. The van der Waals surface area contributed by atoms with Crippen LogP contribution in [0.15, 0.2) is 6.20 Å². The SMILES string of the molecule is C#CCC(C)NC(=O)c1cn(C)nc1C. The average Bonchev–Trinajstić information content (AvgIpc) is 2.45. The van der Waals surface area contributed by atoms with Crippen LogP contribution >= 0.6 is 0 Å². The molecular formula is C11H15N3O. The van der Waals surface area contributed by atoms with Gasteiger partial charge >= 0.3 is 0 Å². The molecule has 0 aliphatic rings. The van der Waals surface area contributed by atoms with Crippen molar-refractivity contribution in [1.29, 1.82) is 0 Å². The van der Waals surface area contributed by atoms with Gasteiger partial charge in [0.2, 0.25) is 0 Å². The van der Waals surface area contributed by atoms with E-state index >= 15 is 0 Å². The number of aromatic nitrogens is 2. The Morgan fingerprint density at radius 2 is 2.47 bits per heavy atom. The van der Waals surface area contributed by atoms with E-state index in [2.05, 4.69) is 16.3 Å². The lowest BCUT2D eigenvalue weighted by atomic mass is 10.2. The highest BCUT2D eigenvalue weighted by atomic mass is 16.1. The van der Waals surface area contributed by atoms with Crippen LogP contribution in [0.2, 0.25) is 0 Å². The maximum Gasteiger partial charge on any atom is 0.254 e. The molecule has 0 aliphatic carbocycles. The molecule has 80 valence electrons. The maximum absolute atomic E-state index is 11.7. The summed E-state index contributed by atoms with van der Waals surface area (Å²) in [6.45, 7) is 3.68. The van der Waals surface area contributed by atoms with Gasteiger partial charge in [-0.15, -0.1) is 12.3 Å². The molecule has 1 amide bonds. The van der Waals surface area contributed by atoms with Crippen molar-refractivity contribution in [2.24, 2.45) is 7.05 Å². The number of aryl methyl sites for hydroxylation is 2. The zero-order valence-electron chi connectivity index (χ0n) is 9.24. The molecule has 1 N–H and O–H groups in total. The van der Waals surface area contributed by atoms with Gasteiger partial charge < -0.3 is 5.32 Å². The number of amides is 1. The molecule has 15 heavy (non-hydrogen) atoms. The van der Waals surface area contributed by atoms with Crippen LogP contribution in [0.5, 0.6) is 0 Å². The average molecular weight is 205 g/mol. The zero-order chi connectivity index (χ0) is 11.4. The van der Waals surface area contributed by atoms with E-state index in [0.29, 0.717) is 12.0 Å². The number of hydrogen-bond donors (Lipinski definition) is 1. The van der Waals surface area contributed by atoms with Gasteiger partial charge in [0, 0.05) is 25.7 Å². The van der Waals surface area contributed by atoms with E-state index in [-0.39, 0.29) is 11.9 Å². The summed E-state index contributed by atoms with van der Waals surface area (Å²) in [7, 11) is 1.79. The van der Waals surface area contributed by atoms with E-state index in [0.717, 1.165) is 5.69 Å². The minimum absolute atomic E-state index is 0.0119. The van der Waals surface area contributed by atoms with E-state index in [1.165, 1.54) is 0 Å². The number of carbonyl (C=O) groups is 1. The number of terminal acetylenes is 1. The summed E-state index contributed by atoms with van der Waals surface area (Å²) < 4.78 is 1.62. The largest absolute Gasteiger partial charge is 0.349 e. The van der Waals surface area contributed by atoms with Gasteiger partial charge in [-0.25, -0.2) is 0 Å². The minimum Gasteiger partial charge on any atom is -0.349 e. The fourth-order valence-electron chi connectivity index (χ4n) is 1.35. The molecule has 1 aromatic rings. The van der Waals surface area contributed by atoms with Crippen molar-refractivity contribution in [2.75, 3.05) is 0 Å². The van der Waals surface area contributed by atoms with Crippen molar-refractivity contribution in [3.63, 3.8) is 0 Å². The molecule has 0 fully saturated rings. The molecule has 0 spiro atoms. The number of rotatable bonds is 3. The van der Waals surface area contributed by atoms with Crippen molar-refractivity contribution >= 4 is 5.91 Å². The smallest absolute Gasteiger partial charge is 0.254 e. The highest BCUT2D eigenvalue weighted by Gasteiger charge is 2.13. The molecule has 0 bridgehead atoms. The van der Waals surface area contributed by atoms with Gasteiger partial charge in [-0.3, -0.25) is 9.48 Å². The summed E-state index contributed by atoms with van der Waals surface area (Å²) >= 11 is 0. The van der Waals surface area contributed by atoms with Crippen molar-refractivity contribution in [1.82, 2.24) is 15.1 Å². The first-order valence-corrected chi connectivity index (χ1v) is 4.79. The first-order valence-electron chi connectivity index (χ1n) is 4.79. The molecule has 0 saturated heterocycles. The van der Waals surface area contributed by atoms with Crippen LogP contribution in [-0.4, -0.2) is 21.7 Å². The van der Waals surface area contributed by atoms with Gasteiger partial charge in [0.15, 0.2) is 0 Å². The molecule has 4 nitrogen and oxygen atoms in total. The van der Waals surface area contributed by atoms with Crippen LogP contribution in [0.4, 0.5) is 0 Å². The zero-order valence-corrected chi connectivity index (χ0v) is 9.24. The molecule has 1 heterocycles. The van der Waals surface area contributed by atoms with Crippen LogP contribution in [-0.2, 0) is 7.05 Å². The van der Waals surface area contributed by atoms with E-state index < -0.39 is 0 Å². The summed E-state index contributed by atoms with van der Waals surface area (Å²) in [6, 6.07) is -0.0119. The summed E-state index contributed by atoms with van der Waals surface area (Å²) in [5.41, 5.74) is 1.32. The van der Waals surface area contributed by atoms with Gasteiger partial charge in [0.25, 0.3) is 5.91 Å². The molecule has 1 unspecified atom stereocenters. The third kappa shape index (κ3) is 2.84. The Labute approximate surface area is 89.7 Å². The van der Waals surface area contributed by atoms with Gasteiger partial charge in [-0.1, -0.05) is 0 Å². The molecular weight excluding hydrogens is 190 g/mol. The number of nitrogens with zero attached hydrogens (tertiary/aromatic N) is 2. The van der Waals surface area contributed by atoms with Crippen LogP contribution < -0.4 is 5.32 Å². The quantitative estimate of drug-likeness (QED) is 0.744. The lowest BCUT2D eigenvalue weighted by Crippen LogP contribution is -2.32. The maximum atomic E-state index is 11.7. The molecule has 4 heteroatoms. The Morgan fingerprint density at radius 3 is 2.93 bits per heavy atom. The first-order chi connectivity index (χ1) is 7.04. The Morgan fingerprint density at radius 1 is 1.80 bits per heavy atom. The number of hydrogen-bond acceptors (Lipinski definition) is 2. The number of nitrogens with one attached hydrogen (secondary N) is 1. The van der Waals surface area contributed by atoms with E-state index in [9.17, 15) is 4.79 Å². The first kappa shape index (κ1) is 11.3. The van der Waals surface area contributed by atoms with Gasteiger partial charge in [0.1, 0.15) is 0 Å².